The Hall–Kier alpha value is -1.94. The van der Waals surface area contributed by atoms with Crippen LogP contribution in [0.2, 0.25) is 0 Å². The first kappa shape index (κ1) is 14.0. The molecule has 4 nitrogen and oxygen atoms in total. The number of amides is 1. The van der Waals surface area contributed by atoms with Crippen LogP contribution in [0, 0.1) is 5.92 Å². The zero-order valence-electron chi connectivity index (χ0n) is 12.4. The Bertz CT molecular complexity index is 635. The van der Waals surface area contributed by atoms with Crippen LogP contribution in [0.1, 0.15) is 12.5 Å². The predicted octanol–water partition coefficient (Wildman–Crippen LogP) is 1.85. The number of fused-ring (bicyclic) bond motifs is 1. The van der Waals surface area contributed by atoms with E-state index in [9.17, 15) is 4.79 Å². The number of para-hydroxylation sites is 1. The van der Waals surface area contributed by atoms with Gasteiger partial charge in [0.2, 0.25) is 5.91 Å². The van der Waals surface area contributed by atoms with E-state index in [1.165, 1.54) is 10.9 Å². The van der Waals surface area contributed by atoms with E-state index in [1.54, 1.807) is 6.92 Å². The quantitative estimate of drug-likeness (QED) is 0.915. The predicted molar refractivity (Wildman–Crippen MR) is 84.1 cm³/mol. The molecule has 1 aliphatic heterocycles. The highest BCUT2D eigenvalue weighted by molar-refractivity contribution is 5.81. The van der Waals surface area contributed by atoms with Crippen LogP contribution in [-0.4, -0.2) is 42.0 Å². The summed E-state index contributed by atoms with van der Waals surface area (Å²) in [6.07, 6.45) is 2.80. The SMILES string of the molecule is CC(=O)N1CCNCC(Cc2cccc3cccnc23)C1. The molecule has 110 valence electrons. The Kier molecular flexibility index (Phi) is 4.15. The summed E-state index contributed by atoms with van der Waals surface area (Å²) in [5.41, 5.74) is 2.35. The van der Waals surface area contributed by atoms with E-state index in [2.05, 4.69) is 34.6 Å². The average molecular weight is 283 g/mol. The summed E-state index contributed by atoms with van der Waals surface area (Å²) in [5, 5.41) is 4.62. The van der Waals surface area contributed by atoms with Crippen molar-refractivity contribution >= 4 is 16.8 Å². The lowest BCUT2D eigenvalue weighted by atomic mass is 9.96. The summed E-state index contributed by atoms with van der Waals surface area (Å²) in [7, 11) is 0. The third-order valence-electron chi connectivity index (χ3n) is 4.14. The number of hydrogen-bond acceptors (Lipinski definition) is 3. The van der Waals surface area contributed by atoms with Crippen molar-refractivity contribution < 1.29 is 4.79 Å². The maximum Gasteiger partial charge on any atom is 0.219 e. The fourth-order valence-electron chi connectivity index (χ4n) is 3.05. The van der Waals surface area contributed by atoms with E-state index < -0.39 is 0 Å². The molecule has 0 bridgehead atoms. The fraction of sp³-hybridized carbons (Fsp3) is 0.412. The molecule has 2 aromatic rings. The second-order valence-electron chi connectivity index (χ2n) is 5.73. The minimum atomic E-state index is 0.166. The van der Waals surface area contributed by atoms with Crippen molar-refractivity contribution in [3.8, 4) is 0 Å². The lowest BCUT2D eigenvalue weighted by Crippen LogP contribution is -2.34. The van der Waals surface area contributed by atoms with E-state index in [0.29, 0.717) is 5.92 Å². The Morgan fingerprint density at radius 2 is 2.24 bits per heavy atom. The first-order valence-electron chi connectivity index (χ1n) is 7.53. The molecule has 1 unspecified atom stereocenters. The zero-order valence-corrected chi connectivity index (χ0v) is 12.4. The zero-order chi connectivity index (χ0) is 14.7. The Morgan fingerprint density at radius 3 is 3.10 bits per heavy atom. The number of rotatable bonds is 2. The Morgan fingerprint density at radius 1 is 1.38 bits per heavy atom. The van der Waals surface area contributed by atoms with Crippen molar-refractivity contribution in [2.75, 3.05) is 26.2 Å². The van der Waals surface area contributed by atoms with Gasteiger partial charge in [-0.2, -0.15) is 0 Å². The standard InChI is InChI=1S/C17H21N3O/c1-13(21)20-9-8-18-11-14(12-20)10-16-5-2-4-15-6-3-7-19-17(15)16/h2-7,14,18H,8-12H2,1H3. The molecule has 1 aliphatic rings. The molecule has 0 spiro atoms. The summed E-state index contributed by atoms with van der Waals surface area (Å²) in [6.45, 7) is 5.11. The van der Waals surface area contributed by atoms with Crippen LogP contribution in [0.3, 0.4) is 0 Å². The minimum Gasteiger partial charge on any atom is -0.341 e. The molecule has 1 amide bonds. The molecule has 1 atom stereocenters. The van der Waals surface area contributed by atoms with Crippen LogP contribution < -0.4 is 5.32 Å². The van der Waals surface area contributed by atoms with Crippen LogP contribution in [0.5, 0.6) is 0 Å². The van der Waals surface area contributed by atoms with E-state index >= 15 is 0 Å². The van der Waals surface area contributed by atoms with E-state index in [-0.39, 0.29) is 5.91 Å². The number of hydrogen-bond donors (Lipinski definition) is 1. The number of pyridine rings is 1. The first-order valence-corrected chi connectivity index (χ1v) is 7.53. The van der Waals surface area contributed by atoms with Gasteiger partial charge in [0.05, 0.1) is 5.52 Å². The van der Waals surface area contributed by atoms with Gasteiger partial charge in [-0.05, 0) is 24.0 Å². The minimum absolute atomic E-state index is 0.166. The largest absolute Gasteiger partial charge is 0.341 e. The van der Waals surface area contributed by atoms with Gasteiger partial charge in [0.15, 0.2) is 0 Å². The van der Waals surface area contributed by atoms with Gasteiger partial charge in [-0.3, -0.25) is 9.78 Å². The van der Waals surface area contributed by atoms with Crippen molar-refractivity contribution in [2.45, 2.75) is 13.3 Å². The smallest absolute Gasteiger partial charge is 0.219 e. The second-order valence-corrected chi connectivity index (χ2v) is 5.73. The monoisotopic (exact) mass is 283 g/mol. The summed E-state index contributed by atoms with van der Waals surface area (Å²) >= 11 is 0. The topological polar surface area (TPSA) is 45.2 Å². The van der Waals surface area contributed by atoms with Crippen molar-refractivity contribution in [3.63, 3.8) is 0 Å². The maximum absolute atomic E-state index is 11.6. The van der Waals surface area contributed by atoms with Crippen molar-refractivity contribution in [1.82, 2.24) is 15.2 Å². The van der Waals surface area contributed by atoms with Gasteiger partial charge in [-0.25, -0.2) is 0 Å². The number of aromatic nitrogens is 1. The molecule has 2 heterocycles. The van der Waals surface area contributed by atoms with Crippen LogP contribution >= 0.6 is 0 Å². The van der Waals surface area contributed by atoms with E-state index in [4.69, 9.17) is 0 Å². The molecule has 1 aromatic heterocycles. The highest BCUT2D eigenvalue weighted by atomic mass is 16.2. The first-order chi connectivity index (χ1) is 10.2. The summed E-state index contributed by atoms with van der Waals surface area (Å²) in [4.78, 5) is 18.1. The lowest BCUT2D eigenvalue weighted by Gasteiger charge is -2.23. The third-order valence-corrected chi connectivity index (χ3v) is 4.14. The number of carbonyl (C=O) groups is 1. The normalized spacial score (nSPS) is 19.5. The van der Waals surface area contributed by atoms with Crippen LogP contribution in [0.25, 0.3) is 10.9 Å². The van der Waals surface area contributed by atoms with Crippen molar-refractivity contribution in [3.05, 3.63) is 42.1 Å². The summed E-state index contributed by atoms with van der Waals surface area (Å²) < 4.78 is 0. The molecule has 1 saturated heterocycles. The molecule has 1 aromatic carbocycles. The van der Waals surface area contributed by atoms with Gasteiger partial charge in [0, 0.05) is 44.7 Å². The van der Waals surface area contributed by atoms with Crippen molar-refractivity contribution in [2.24, 2.45) is 5.92 Å². The van der Waals surface area contributed by atoms with Gasteiger partial charge >= 0.3 is 0 Å². The Balaban J connectivity index is 1.82. The number of nitrogens with one attached hydrogen (secondary N) is 1. The van der Waals surface area contributed by atoms with Gasteiger partial charge in [-0.15, -0.1) is 0 Å². The Labute approximate surface area is 125 Å². The molecule has 21 heavy (non-hydrogen) atoms. The van der Waals surface area contributed by atoms with Crippen LogP contribution in [0.15, 0.2) is 36.5 Å². The van der Waals surface area contributed by atoms with E-state index in [1.807, 2.05) is 17.2 Å². The second kappa shape index (κ2) is 6.22. The molecule has 0 aliphatic carbocycles. The van der Waals surface area contributed by atoms with Crippen molar-refractivity contribution in [1.29, 1.82) is 0 Å². The molecular weight excluding hydrogens is 262 g/mol. The average Bonchev–Trinajstić information content (AvgIpc) is 2.73. The highest BCUT2D eigenvalue weighted by Crippen LogP contribution is 2.20. The molecule has 0 saturated carbocycles. The molecular formula is C17H21N3O. The fourth-order valence-corrected chi connectivity index (χ4v) is 3.05. The molecule has 0 radical (unpaired) electrons. The van der Waals surface area contributed by atoms with Gasteiger partial charge in [0.1, 0.15) is 0 Å². The van der Waals surface area contributed by atoms with Gasteiger partial charge < -0.3 is 10.2 Å². The van der Waals surface area contributed by atoms with Gasteiger partial charge in [0.25, 0.3) is 0 Å². The van der Waals surface area contributed by atoms with E-state index in [0.717, 1.165) is 38.1 Å². The number of nitrogens with zero attached hydrogens (tertiary/aromatic N) is 2. The third kappa shape index (κ3) is 3.22. The maximum atomic E-state index is 11.6. The highest BCUT2D eigenvalue weighted by Gasteiger charge is 2.20. The summed E-state index contributed by atoms with van der Waals surface area (Å²) in [5.74, 6) is 0.601. The molecule has 3 rings (SSSR count). The van der Waals surface area contributed by atoms with Gasteiger partial charge in [-0.1, -0.05) is 24.3 Å². The number of benzene rings is 1. The number of carbonyl (C=O) groups excluding carboxylic acids is 1. The molecule has 1 fully saturated rings. The van der Waals surface area contributed by atoms with Crippen LogP contribution in [0.4, 0.5) is 0 Å². The summed E-state index contributed by atoms with van der Waals surface area (Å²) in [6, 6.07) is 10.4. The molecule has 1 N–H and O–H groups in total. The lowest BCUT2D eigenvalue weighted by molar-refractivity contribution is -0.129. The molecule has 4 heteroatoms. The van der Waals surface area contributed by atoms with Crippen LogP contribution in [-0.2, 0) is 11.2 Å².